The van der Waals surface area contributed by atoms with Crippen LogP contribution in [0.1, 0.15) is 68.4 Å². The highest BCUT2D eigenvalue weighted by molar-refractivity contribution is 6.32. The number of ether oxygens (including phenoxy) is 3. The molecule has 1 saturated heterocycles. The van der Waals surface area contributed by atoms with Crippen LogP contribution in [0.15, 0.2) is 53.3 Å². The van der Waals surface area contributed by atoms with Crippen molar-refractivity contribution in [2.24, 2.45) is 0 Å². The lowest BCUT2D eigenvalue weighted by molar-refractivity contribution is 0.0123. The fourth-order valence-electron chi connectivity index (χ4n) is 6.85. The minimum atomic E-state index is -0.325. The predicted octanol–water partition coefficient (Wildman–Crippen LogP) is 6.45. The van der Waals surface area contributed by atoms with Crippen LogP contribution in [-0.4, -0.2) is 75.4 Å². The molecule has 4 aromatic rings. The van der Waals surface area contributed by atoms with Crippen molar-refractivity contribution < 1.29 is 14.2 Å². The maximum atomic E-state index is 11.7. The number of tetrazole rings is 1. The lowest BCUT2D eigenvalue weighted by atomic mass is 9.89. The van der Waals surface area contributed by atoms with Crippen molar-refractivity contribution >= 4 is 11.6 Å². The minimum absolute atomic E-state index is 0.119. The Morgan fingerprint density at radius 2 is 1.88 bits per heavy atom. The van der Waals surface area contributed by atoms with Crippen LogP contribution in [0.2, 0.25) is 5.02 Å². The molecule has 0 radical (unpaired) electrons. The summed E-state index contributed by atoms with van der Waals surface area (Å²) >= 11 is 6.85. The van der Waals surface area contributed by atoms with E-state index in [1.165, 1.54) is 39.9 Å². The molecule has 1 fully saturated rings. The quantitative estimate of drug-likeness (QED) is 0.144. The van der Waals surface area contributed by atoms with Crippen molar-refractivity contribution in [3.8, 4) is 28.4 Å². The van der Waals surface area contributed by atoms with Crippen molar-refractivity contribution in [1.82, 2.24) is 30.0 Å². The molecule has 1 N–H and O–H groups in total. The van der Waals surface area contributed by atoms with E-state index in [1.54, 1.807) is 0 Å². The monoisotopic (exact) mass is 674 g/mol. The van der Waals surface area contributed by atoms with E-state index in [1.807, 2.05) is 26.1 Å². The van der Waals surface area contributed by atoms with E-state index in [4.69, 9.17) is 25.8 Å². The smallest absolute Gasteiger partial charge is 0.361 e. The zero-order valence-electron chi connectivity index (χ0n) is 28.7. The van der Waals surface area contributed by atoms with Gasteiger partial charge in [-0.05, 0) is 111 Å². The molecule has 0 bridgehead atoms. The van der Waals surface area contributed by atoms with E-state index in [0.29, 0.717) is 49.2 Å². The highest BCUT2D eigenvalue weighted by Crippen LogP contribution is 2.44. The zero-order valence-corrected chi connectivity index (χ0v) is 29.5. The number of aromatic amines is 1. The highest BCUT2D eigenvalue weighted by atomic mass is 35.5. The summed E-state index contributed by atoms with van der Waals surface area (Å²) in [6.07, 6.45) is 3.95. The number of halogens is 1. The third-order valence-corrected chi connectivity index (χ3v) is 10.1. The van der Waals surface area contributed by atoms with Crippen molar-refractivity contribution in [3.05, 3.63) is 86.3 Å². The SMILES string of the molecule is CCOc1cc(O[C@H]2CCc3c(-c4cccc(OCCCN5CCC5(C)C)c4C)cccc32)c(Cl)cc1CN(C)CCn1nn[nH]c1=O. The van der Waals surface area contributed by atoms with Crippen molar-refractivity contribution in [1.29, 1.82) is 0 Å². The van der Waals surface area contributed by atoms with Gasteiger partial charge in [-0.25, -0.2) is 9.89 Å². The van der Waals surface area contributed by atoms with Crippen LogP contribution in [0, 0.1) is 6.92 Å². The molecule has 256 valence electrons. The molecule has 10 nitrogen and oxygen atoms in total. The van der Waals surface area contributed by atoms with Gasteiger partial charge in [0.25, 0.3) is 0 Å². The summed E-state index contributed by atoms with van der Waals surface area (Å²) < 4.78 is 20.3. The largest absolute Gasteiger partial charge is 0.493 e. The molecule has 3 aromatic carbocycles. The third kappa shape index (κ3) is 7.41. The highest BCUT2D eigenvalue weighted by Gasteiger charge is 2.35. The number of likely N-dealkylation sites (N-methyl/N-ethyl adjacent to an activating group) is 1. The lowest BCUT2D eigenvalue weighted by Crippen LogP contribution is -2.55. The Balaban J connectivity index is 1.14. The molecule has 0 saturated carbocycles. The second-order valence-corrected chi connectivity index (χ2v) is 13.9. The number of likely N-dealkylation sites (tertiary alicyclic amines) is 1. The van der Waals surface area contributed by atoms with Gasteiger partial charge in [-0.2, -0.15) is 4.68 Å². The second-order valence-electron chi connectivity index (χ2n) is 13.5. The Morgan fingerprint density at radius 3 is 2.60 bits per heavy atom. The Hall–Kier alpha value is -3.86. The summed E-state index contributed by atoms with van der Waals surface area (Å²) in [7, 11) is 1.98. The number of H-pyrrole nitrogens is 1. The first kappa shape index (κ1) is 34.0. The standard InChI is InChI=1S/C37H47ClN6O4/c1-6-46-34-23-35(31(38)22-26(34)24-42(5)19-20-44-36(45)39-40-41-44)48-33-15-14-29-28(11-7-12-30(29)33)27-10-8-13-32(25(27)2)47-21-9-17-43-18-16-37(43,3)4/h7-8,10-13,22-23,33H,6,9,14-21,24H2,1-5H3,(H,39,41,45)/t33-/m0/s1. The average molecular weight is 675 g/mol. The molecule has 1 aromatic heterocycles. The average Bonchev–Trinajstić information content (AvgIpc) is 3.67. The van der Waals surface area contributed by atoms with Gasteiger partial charge in [0.2, 0.25) is 0 Å². The molecule has 0 spiro atoms. The first-order valence-electron chi connectivity index (χ1n) is 17.0. The fourth-order valence-corrected chi connectivity index (χ4v) is 7.09. The van der Waals surface area contributed by atoms with Gasteiger partial charge in [0.1, 0.15) is 23.4 Å². The van der Waals surface area contributed by atoms with E-state index < -0.39 is 0 Å². The van der Waals surface area contributed by atoms with Gasteiger partial charge in [-0.15, -0.1) is 0 Å². The molecule has 6 rings (SSSR count). The first-order chi connectivity index (χ1) is 23.1. The predicted molar refractivity (Wildman–Crippen MR) is 188 cm³/mol. The molecular formula is C37H47ClN6O4. The lowest BCUT2D eigenvalue weighted by Gasteiger charge is -2.48. The summed E-state index contributed by atoms with van der Waals surface area (Å²) in [5, 5.41) is 10.2. The number of aromatic nitrogens is 4. The van der Waals surface area contributed by atoms with Gasteiger partial charge in [0, 0.05) is 43.3 Å². The number of nitrogens with one attached hydrogen (secondary N) is 1. The molecule has 1 atom stereocenters. The second kappa shape index (κ2) is 14.7. The van der Waals surface area contributed by atoms with Crippen LogP contribution < -0.4 is 19.9 Å². The van der Waals surface area contributed by atoms with Crippen molar-refractivity contribution in [3.63, 3.8) is 0 Å². The molecule has 1 aliphatic carbocycles. The van der Waals surface area contributed by atoms with Crippen molar-refractivity contribution in [2.75, 3.05) is 39.9 Å². The normalized spacial score (nSPS) is 16.9. The van der Waals surface area contributed by atoms with Crippen LogP contribution in [-0.2, 0) is 19.5 Å². The Kier molecular flexibility index (Phi) is 10.4. The molecule has 0 unspecified atom stereocenters. The summed E-state index contributed by atoms with van der Waals surface area (Å²) in [6.45, 7) is 13.8. The van der Waals surface area contributed by atoms with E-state index in [-0.39, 0.29) is 11.8 Å². The van der Waals surface area contributed by atoms with Crippen LogP contribution in [0.5, 0.6) is 17.2 Å². The molecular weight excluding hydrogens is 628 g/mol. The first-order valence-corrected chi connectivity index (χ1v) is 17.4. The molecule has 0 amide bonds. The molecule has 48 heavy (non-hydrogen) atoms. The van der Waals surface area contributed by atoms with Crippen LogP contribution in [0.3, 0.4) is 0 Å². The van der Waals surface area contributed by atoms with E-state index in [9.17, 15) is 4.79 Å². The van der Waals surface area contributed by atoms with Gasteiger partial charge >= 0.3 is 5.69 Å². The fraction of sp³-hybridized carbons (Fsp3) is 0.486. The zero-order chi connectivity index (χ0) is 33.8. The van der Waals surface area contributed by atoms with Crippen molar-refractivity contribution in [2.45, 2.75) is 78.1 Å². The van der Waals surface area contributed by atoms with Crippen LogP contribution >= 0.6 is 11.6 Å². The summed E-state index contributed by atoms with van der Waals surface area (Å²) in [5.41, 5.74) is 7.05. The molecule has 2 heterocycles. The van der Waals surface area contributed by atoms with E-state index >= 15 is 0 Å². The maximum Gasteiger partial charge on any atom is 0.361 e. The number of hydrogen-bond donors (Lipinski definition) is 1. The van der Waals surface area contributed by atoms with Crippen LogP contribution in [0.25, 0.3) is 11.1 Å². The maximum absolute atomic E-state index is 11.7. The summed E-state index contributed by atoms with van der Waals surface area (Å²) in [5.74, 6) is 2.29. The van der Waals surface area contributed by atoms with Gasteiger partial charge in [0.15, 0.2) is 0 Å². The van der Waals surface area contributed by atoms with Crippen LogP contribution in [0.4, 0.5) is 0 Å². The third-order valence-electron chi connectivity index (χ3n) is 9.82. The molecule has 2 aliphatic rings. The number of benzene rings is 3. The number of rotatable bonds is 15. The Morgan fingerprint density at radius 1 is 1.06 bits per heavy atom. The number of fused-ring (bicyclic) bond motifs is 1. The van der Waals surface area contributed by atoms with E-state index in [0.717, 1.165) is 48.4 Å². The van der Waals surface area contributed by atoms with Gasteiger partial charge < -0.3 is 19.1 Å². The summed E-state index contributed by atoms with van der Waals surface area (Å²) in [6, 6.07) is 16.7. The Bertz CT molecular complexity index is 1790. The topological polar surface area (TPSA) is 97.7 Å². The van der Waals surface area contributed by atoms with Gasteiger partial charge in [-0.1, -0.05) is 41.9 Å². The Labute approximate surface area is 287 Å². The van der Waals surface area contributed by atoms with E-state index in [2.05, 4.69) is 82.5 Å². The van der Waals surface area contributed by atoms with Gasteiger partial charge in [-0.3, -0.25) is 4.90 Å². The molecule has 11 heteroatoms. The number of nitrogens with zero attached hydrogens (tertiary/aromatic N) is 5. The van der Waals surface area contributed by atoms with Gasteiger partial charge in [0.05, 0.1) is 24.8 Å². The number of hydrogen-bond acceptors (Lipinski definition) is 8. The summed E-state index contributed by atoms with van der Waals surface area (Å²) in [4.78, 5) is 16.4. The molecule has 1 aliphatic heterocycles. The minimum Gasteiger partial charge on any atom is -0.493 e.